The van der Waals surface area contributed by atoms with Gasteiger partial charge in [-0.05, 0) is 38.7 Å². The highest BCUT2D eigenvalue weighted by Crippen LogP contribution is 2.08. The Morgan fingerprint density at radius 2 is 1.33 bits per heavy atom. The Hall–Kier alpha value is -0.850. The van der Waals surface area contributed by atoms with Crippen LogP contribution in [0.5, 0.6) is 0 Å². The van der Waals surface area contributed by atoms with E-state index in [1.54, 1.807) is 6.08 Å². The van der Waals surface area contributed by atoms with Crippen molar-refractivity contribution in [3.63, 3.8) is 0 Å². The van der Waals surface area contributed by atoms with E-state index in [2.05, 4.69) is 19.1 Å². The smallest absolute Gasteiger partial charge is 0.142 e. The van der Waals surface area contributed by atoms with Gasteiger partial charge in [-0.2, -0.15) is 0 Å². The van der Waals surface area contributed by atoms with E-state index in [0.29, 0.717) is 0 Å². The van der Waals surface area contributed by atoms with Crippen molar-refractivity contribution in [2.75, 3.05) is 0 Å². The van der Waals surface area contributed by atoms with E-state index in [1.165, 1.54) is 44.9 Å². The van der Waals surface area contributed by atoms with E-state index in [4.69, 9.17) is 0 Å². The Morgan fingerprint density at radius 1 is 0.800 bits per heavy atom. The first kappa shape index (κ1) is 14.2. The molecular weight excluding hydrogens is 184 g/mol. The second-order valence-electron chi connectivity index (χ2n) is 3.83. The molecule has 0 aromatic heterocycles. The van der Waals surface area contributed by atoms with Gasteiger partial charge in [0.15, 0.2) is 0 Å². The summed E-state index contributed by atoms with van der Waals surface area (Å²) in [6, 6.07) is 0. The quantitative estimate of drug-likeness (QED) is 0.224. The summed E-state index contributed by atoms with van der Waals surface area (Å²) >= 11 is 0. The third-order valence-electron chi connectivity index (χ3n) is 2.44. The lowest BCUT2D eigenvalue weighted by molar-refractivity contribution is -0.104. The number of unbranched alkanes of at least 4 members (excludes halogenated alkanes) is 7. The minimum atomic E-state index is 0.848. The Morgan fingerprint density at radius 3 is 1.87 bits per heavy atom. The SMILES string of the molecule is C/C=C/CCCCCCCC/C=C/C=O. The average molecular weight is 208 g/mol. The molecule has 0 spiro atoms. The summed E-state index contributed by atoms with van der Waals surface area (Å²) in [4.78, 5) is 9.97. The van der Waals surface area contributed by atoms with Crippen molar-refractivity contribution in [3.8, 4) is 0 Å². The number of allylic oxidation sites excluding steroid dienone is 4. The number of hydrogen-bond donors (Lipinski definition) is 0. The highest BCUT2D eigenvalue weighted by Gasteiger charge is 1.89. The van der Waals surface area contributed by atoms with Gasteiger partial charge in [-0.25, -0.2) is 0 Å². The molecule has 0 aliphatic carbocycles. The lowest BCUT2D eigenvalue weighted by atomic mass is 10.1. The van der Waals surface area contributed by atoms with Crippen LogP contribution in [0.4, 0.5) is 0 Å². The van der Waals surface area contributed by atoms with Crippen LogP contribution in [-0.4, -0.2) is 6.29 Å². The standard InChI is InChI=1S/C14H24O/c1-2-3-4-5-6-7-8-9-10-11-12-13-14-15/h2-3,12-14H,4-11H2,1H3/b3-2+,13-12+. The molecule has 15 heavy (non-hydrogen) atoms. The maximum absolute atomic E-state index is 9.97. The summed E-state index contributed by atoms with van der Waals surface area (Å²) in [5.74, 6) is 0. The molecule has 1 nitrogen and oxygen atoms in total. The van der Waals surface area contributed by atoms with Gasteiger partial charge >= 0.3 is 0 Å². The van der Waals surface area contributed by atoms with Crippen molar-refractivity contribution < 1.29 is 4.79 Å². The molecule has 0 fully saturated rings. The van der Waals surface area contributed by atoms with Crippen molar-refractivity contribution >= 4 is 6.29 Å². The molecule has 0 aromatic rings. The monoisotopic (exact) mass is 208 g/mol. The summed E-state index contributed by atoms with van der Waals surface area (Å²) in [6.07, 6.45) is 19.0. The predicted molar refractivity (Wildman–Crippen MR) is 67.0 cm³/mol. The van der Waals surface area contributed by atoms with Crippen LogP contribution in [0.3, 0.4) is 0 Å². The zero-order chi connectivity index (χ0) is 11.2. The molecule has 0 unspecified atom stereocenters. The minimum absolute atomic E-state index is 0.848. The van der Waals surface area contributed by atoms with Gasteiger partial charge in [0, 0.05) is 0 Å². The molecule has 0 bridgehead atoms. The van der Waals surface area contributed by atoms with Crippen LogP contribution in [0.2, 0.25) is 0 Å². The van der Waals surface area contributed by atoms with E-state index in [9.17, 15) is 4.79 Å². The van der Waals surface area contributed by atoms with E-state index >= 15 is 0 Å². The van der Waals surface area contributed by atoms with Gasteiger partial charge in [-0.15, -0.1) is 0 Å². The van der Waals surface area contributed by atoms with Crippen molar-refractivity contribution in [3.05, 3.63) is 24.3 Å². The first-order valence-corrected chi connectivity index (χ1v) is 6.13. The van der Waals surface area contributed by atoms with Gasteiger partial charge in [0.2, 0.25) is 0 Å². The van der Waals surface area contributed by atoms with Crippen molar-refractivity contribution in [2.45, 2.75) is 58.3 Å². The summed E-state index contributed by atoms with van der Waals surface area (Å²) in [6.45, 7) is 2.08. The Bertz CT molecular complexity index is 180. The number of carbonyl (C=O) groups is 1. The normalized spacial score (nSPS) is 11.5. The zero-order valence-corrected chi connectivity index (χ0v) is 9.95. The second kappa shape index (κ2) is 13.2. The van der Waals surface area contributed by atoms with Gasteiger partial charge in [0.25, 0.3) is 0 Å². The van der Waals surface area contributed by atoms with Gasteiger partial charge < -0.3 is 0 Å². The topological polar surface area (TPSA) is 17.1 Å². The van der Waals surface area contributed by atoms with Crippen LogP contribution in [0.15, 0.2) is 24.3 Å². The van der Waals surface area contributed by atoms with Gasteiger partial charge in [0.1, 0.15) is 6.29 Å². The predicted octanol–water partition coefficient (Wildman–Crippen LogP) is 4.44. The third kappa shape index (κ3) is 13.2. The maximum Gasteiger partial charge on any atom is 0.142 e. The largest absolute Gasteiger partial charge is 0.299 e. The fraction of sp³-hybridized carbons (Fsp3) is 0.643. The molecular formula is C14H24O. The molecule has 0 rings (SSSR count). The van der Waals surface area contributed by atoms with Gasteiger partial charge in [-0.1, -0.05) is 43.9 Å². The molecule has 0 aliphatic rings. The van der Waals surface area contributed by atoms with E-state index in [1.807, 2.05) is 6.08 Å². The van der Waals surface area contributed by atoms with Gasteiger partial charge in [-0.3, -0.25) is 4.79 Å². The lowest BCUT2D eigenvalue weighted by Crippen LogP contribution is -1.79. The third-order valence-corrected chi connectivity index (χ3v) is 2.44. The van der Waals surface area contributed by atoms with Crippen LogP contribution in [0, 0.1) is 0 Å². The van der Waals surface area contributed by atoms with E-state index in [0.717, 1.165) is 12.7 Å². The highest BCUT2D eigenvalue weighted by atomic mass is 16.1. The van der Waals surface area contributed by atoms with Gasteiger partial charge in [0.05, 0.1) is 0 Å². The molecule has 0 N–H and O–H groups in total. The number of rotatable bonds is 10. The number of carbonyl (C=O) groups excluding carboxylic acids is 1. The Labute approximate surface area is 94.3 Å². The van der Waals surface area contributed by atoms with Crippen LogP contribution < -0.4 is 0 Å². The highest BCUT2D eigenvalue weighted by molar-refractivity contribution is 5.64. The summed E-state index contributed by atoms with van der Waals surface area (Å²) in [7, 11) is 0. The van der Waals surface area contributed by atoms with Crippen molar-refractivity contribution in [1.29, 1.82) is 0 Å². The summed E-state index contributed by atoms with van der Waals surface area (Å²) < 4.78 is 0. The molecule has 0 amide bonds. The Balaban J connectivity index is 2.98. The van der Waals surface area contributed by atoms with Crippen LogP contribution in [0.25, 0.3) is 0 Å². The van der Waals surface area contributed by atoms with E-state index in [-0.39, 0.29) is 0 Å². The molecule has 0 heterocycles. The summed E-state index contributed by atoms with van der Waals surface area (Å²) in [5.41, 5.74) is 0. The summed E-state index contributed by atoms with van der Waals surface area (Å²) in [5, 5.41) is 0. The van der Waals surface area contributed by atoms with Crippen LogP contribution in [0.1, 0.15) is 58.3 Å². The van der Waals surface area contributed by atoms with Crippen LogP contribution >= 0.6 is 0 Å². The fourth-order valence-electron chi connectivity index (χ4n) is 1.55. The second-order valence-corrected chi connectivity index (χ2v) is 3.83. The molecule has 0 saturated carbocycles. The van der Waals surface area contributed by atoms with Crippen molar-refractivity contribution in [1.82, 2.24) is 0 Å². The maximum atomic E-state index is 9.97. The first-order chi connectivity index (χ1) is 7.41. The first-order valence-electron chi connectivity index (χ1n) is 6.13. The Kier molecular flexibility index (Phi) is 12.4. The molecule has 0 saturated heterocycles. The van der Waals surface area contributed by atoms with Crippen LogP contribution in [-0.2, 0) is 4.79 Å². The molecule has 1 heteroatoms. The minimum Gasteiger partial charge on any atom is -0.299 e. The van der Waals surface area contributed by atoms with E-state index < -0.39 is 0 Å². The molecule has 0 aliphatic heterocycles. The molecule has 0 aromatic carbocycles. The molecule has 0 atom stereocenters. The number of hydrogen-bond acceptors (Lipinski definition) is 1. The number of aldehydes is 1. The van der Waals surface area contributed by atoms with Crippen molar-refractivity contribution in [2.24, 2.45) is 0 Å². The molecule has 86 valence electrons. The lowest BCUT2D eigenvalue weighted by Gasteiger charge is -1.98. The molecule has 0 radical (unpaired) electrons. The fourth-order valence-corrected chi connectivity index (χ4v) is 1.55. The average Bonchev–Trinajstić information content (AvgIpc) is 2.26. The zero-order valence-electron chi connectivity index (χ0n) is 9.95.